The summed E-state index contributed by atoms with van der Waals surface area (Å²) in [7, 11) is 0. The minimum atomic E-state index is -0.420. The maximum Gasteiger partial charge on any atom is 0.223 e. The normalized spacial score (nSPS) is 18.4. The zero-order valence-corrected chi connectivity index (χ0v) is 21.1. The molecule has 1 aliphatic carbocycles. The fourth-order valence-corrected chi connectivity index (χ4v) is 4.70. The topological polar surface area (TPSA) is 126 Å². The Bertz CT molecular complexity index is 1370. The van der Waals surface area contributed by atoms with E-state index in [1.165, 1.54) is 10.9 Å². The summed E-state index contributed by atoms with van der Waals surface area (Å²) >= 11 is 0. The van der Waals surface area contributed by atoms with Crippen LogP contribution in [0.15, 0.2) is 42.9 Å². The number of aromatic amines is 1. The van der Waals surface area contributed by atoms with Crippen molar-refractivity contribution in [3.8, 4) is 5.82 Å². The van der Waals surface area contributed by atoms with Gasteiger partial charge in [0.25, 0.3) is 0 Å². The number of nitrogens with zero attached hydrogens (tertiary/aromatic N) is 6. The molecule has 0 bridgehead atoms. The molecule has 0 saturated heterocycles. The molecule has 0 radical (unpaired) electrons. The van der Waals surface area contributed by atoms with Crippen LogP contribution in [0.3, 0.4) is 0 Å². The van der Waals surface area contributed by atoms with E-state index in [9.17, 15) is 9.18 Å². The molecule has 0 unspecified atom stereocenters. The Morgan fingerprint density at radius 1 is 1.11 bits per heavy atom. The van der Waals surface area contributed by atoms with E-state index in [4.69, 9.17) is 4.98 Å². The molecule has 4 aromatic heterocycles. The Kier molecular flexibility index (Phi) is 6.93. The Labute approximate surface area is 214 Å². The van der Waals surface area contributed by atoms with Crippen molar-refractivity contribution in [2.75, 3.05) is 5.32 Å². The summed E-state index contributed by atoms with van der Waals surface area (Å²) in [6.45, 7) is 5.84. The van der Waals surface area contributed by atoms with E-state index in [0.29, 0.717) is 5.82 Å². The number of halogens is 1. The van der Waals surface area contributed by atoms with Gasteiger partial charge in [-0.15, -0.1) is 0 Å². The highest BCUT2D eigenvalue weighted by atomic mass is 19.1. The van der Waals surface area contributed by atoms with Gasteiger partial charge >= 0.3 is 0 Å². The third-order valence-electron chi connectivity index (χ3n) is 6.71. The van der Waals surface area contributed by atoms with Crippen LogP contribution in [0.25, 0.3) is 5.82 Å². The first-order valence-corrected chi connectivity index (χ1v) is 12.5. The van der Waals surface area contributed by atoms with E-state index in [2.05, 4.69) is 35.9 Å². The lowest BCUT2D eigenvalue weighted by Crippen LogP contribution is -2.34. The number of amides is 1. The van der Waals surface area contributed by atoms with Gasteiger partial charge in [0.2, 0.25) is 5.91 Å². The summed E-state index contributed by atoms with van der Waals surface area (Å²) in [4.78, 5) is 26.8. The van der Waals surface area contributed by atoms with Crippen molar-refractivity contribution in [2.45, 2.75) is 58.4 Å². The molecule has 10 nitrogen and oxygen atoms in total. The minimum absolute atomic E-state index is 0.0468. The van der Waals surface area contributed by atoms with Crippen LogP contribution in [0, 0.1) is 25.6 Å². The van der Waals surface area contributed by atoms with Crippen LogP contribution in [-0.2, 0) is 4.79 Å². The summed E-state index contributed by atoms with van der Waals surface area (Å²) in [6, 6.07) is 7.26. The lowest BCUT2D eigenvalue weighted by molar-refractivity contribution is -0.126. The Morgan fingerprint density at radius 3 is 2.57 bits per heavy atom. The monoisotopic (exact) mass is 503 g/mol. The van der Waals surface area contributed by atoms with Gasteiger partial charge in [0.15, 0.2) is 17.5 Å². The molecule has 1 atom stereocenters. The highest BCUT2D eigenvalue weighted by Gasteiger charge is 2.29. The Hall–Kier alpha value is -4.15. The first kappa shape index (κ1) is 24.5. The van der Waals surface area contributed by atoms with E-state index >= 15 is 0 Å². The van der Waals surface area contributed by atoms with Crippen LogP contribution in [-0.4, -0.2) is 40.8 Å². The average Bonchev–Trinajstić information content (AvgIpc) is 3.51. The number of H-pyrrole nitrogens is 1. The number of pyridine rings is 1. The Balaban J connectivity index is 1.16. The Morgan fingerprint density at radius 2 is 1.92 bits per heavy atom. The lowest BCUT2D eigenvalue weighted by atomic mass is 9.81. The van der Waals surface area contributed by atoms with E-state index in [1.807, 2.05) is 39.0 Å². The lowest BCUT2D eigenvalue weighted by Gasteiger charge is -2.28. The van der Waals surface area contributed by atoms with Gasteiger partial charge in [-0.05, 0) is 58.1 Å². The van der Waals surface area contributed by atoms with Gasteiger partial charge in [0.1, 0.15) is 11.6 Å². The summed E-state index contributed by atoms with van der Waals surface area (Å²) < 4.78 is 14.6. The molecule has 37 heavy (non-hydrogen) atoms. The second-order valence-corrected chi connectivity index (χ2v) is 9.65. The first-order valence-electron chi connectivity index (χ1n) is 12.5. The number of aryl methyl sites for hydroxylation is 2. The fraction of sp³-hybridized carbons (Fsp3) is 0.385. The maximum atomic E-state index is 13.2. The molecule has 1 saturated carbocycles. The van der Waals surface area contributed by atoms with Gasteiger partial charge in [-0.2, -0.15) is 10.2 Å². The van der Waals surface area contributed by atoms with Crippen LogP contribution in [0.2, 0.25) is 0 Å². The molecule has 5 rings (SSSR count). The molecule has 4 aromatic rings. The van der Waals surface area contributed by atoms with Gasteiger partial charge in [-0.25, -0.2) is 24.0 Å². The zero-order valence-electron chi connectivity index (χ0n) is 21.1. The van der Waals surface area contributed by atoms with Gasteiger partial charge < -0.3 is 10.6 Å². The minimum Gasteiger partial charge on any atom is -0.349 e. The van der Waals surface area contributed by atoms with Crippen LogP contribution in [0.4, 0.5) is 16.0 Å². The van der Waals surface area contributed by atoms with Crippen molar-refractivity contribution < 1.29 is 9.18 Å². The van der Waals surface area contributed by atoms with Crippen LogP contribution < -0.4 is 10.6 Å². The number of hydrogen-bond acceptors (Lipinski definition) is 7. The van der Waals surface area contributed by atoms with Gasteiger partial charge in [-0.3, -0.25) is 9.89 Å². The molecular weight excluding hydrogens is 473 g/mol. The van der Waals surface area contributed by atoms with Crippen LogP contribution in [0.1, 0.15) is 67.3 Å². The second-order valence-electron chi connectivity index (χ2n) is 9.65. The molecular formula is C26H30FN9O. The highest BCUT2D eigenvalue weighted by Crippen LogP contribution is 2.35. The number of hydrogen-bond donors (Lipinski definition) is 3. The molecule has 3 N–H and O–H groups in total. The van der Waals surface area contributed by atoms with Gasteiger partial charge in [0.05, 0.1) is 18.4 Å². The largest absolute Gasteiger partial charge is 0.349 e. The number of nitrogens with one attached hydrogen (secondary N) is 3. The maximum absolute atomic E-state index is 13.2. The highest BCUT2D eigenvalue weighted by molar-refractivity contribution is 5.79. The molecule has 192 valence electrons. The third-order valence-corrected chi connectivity index (χ3v) is 6.71. The number of carbonyl (C=O) groups is 1. The molecule has 11 heteroatoms. The summed E-state index contributed by atoms with van der Waals surface area (Å²) in [5, 5.41) is 17.4. The van der Waals surface area contributed by atoms with Crippen molar-refractivity contribution in [3.63, 3.8) is 0 Å². The number of carbonyl (C=O) groups excluding carboxylic acids is 1. The molecule has 4 heterocycles. The van der Waals surface area contributed by atoms with Crippen molar-refractivity contribution in [1.82, 2.24) is 40.2 Å². The number of rotatable bonds is 7. The van der Waals surface area contributed by atoms with Crippen LogP contribution >= 0.6 is 0 Å². The zero-order chi connectivity index (χ0) is 25.9. The van der Waals surface area contributed by atoms with Crippen LogP contribution in [0.5, 0.6) is 0 Å². The van der Waals surface area contributed by atoms with Crippen molar-refractivity contribution in [3.05, 3.63) is 71.4 Å². The van der Waals surface area contributed by atoms with E-state index in [0.717, 1.165) is 66.3 Å². The van der Waals surface area contributed by atoms with E-state index in [-0.39, 0.29) is 23.8 Å². The predicted octanol–water partition coefficient (Wildman–Crippen LogP) is 4.43. The van der Waals surface area contributed by atoms with E-state index < -0.39 is 5.82 Å². The summed E-state index contributed by atoms with van der Waals surface area (Å²) in [6.07, 6.45) is 7.36. The molecule has 1 aliphatic rings. The second kappa shape index (κ2) is 10.5. The van der Waals surface area contributed by atoms with Gasteiger partial charge in [0, 0.05) is 41.6 Å². The SMILES string of the molecule is Cc1cc(Nc2cc(C)[nH]n2)nc([C@H]2CC[C@H](C(=O)N[C@@H](C)c3ccc(-n4cc(F)cn4)nc3)CC2)n1. The smallest absolute Gasteiger partial charge is 0.223 e. The van der Waals surface area contributed by atoms with Crippen molar-refractivity contribution >= 4 is 17.5 Å². The first-order chi connectivity index (χ1) is 17.8. The third kappa shape index (κ3) is 5.82. The molecule has 1 fully saturated rings. The standard InChI is InChI=1S/C26H30FN9O/c1-15-10-22(32-23-11-16(2)34-35-23)33-25(30-15)18-4-6-19(7-5-18)26(37)31-17(3)20-8-9-24(28-12-20)36-14-21(27)13-29-36/h8-14,17-19H,4-7H2,1-3H3,(H,31,37)(H2,30,32,33,34,35)/t17-,18-,19-/m0/s1. The molecule has 0 aliphatic heterocycles. The quantitative estimate of drug-likeness (QED) is 0.340. The molecule has 1 amide bonds. The fourth-order valence-electron chi connectivity index (χ4n) is 4.70. The average molecular weight is 504 g/mol. The molecule has 0 spiro atoms. The van der Waals surface area contributed by atoms with E-state index in [1.54, 1.807) is 12.3 Å². The summed E-state index contributed by atoms with van der Waals surface area (Å²) in [5.74, 6) is 2.56. The number of anilines is 2. The molecule has 0 aromatic carbocycles. The van der Waals surface area contributed by atoms with Gasteiger partial charge in [-0.1, -0.05) is 6.07 Å². The number of aromatic nitrogens is 7. The van der Waals surface area contributed by atoms with Crippen molar-refractivity contribution in [2.24, 2.45) is 5.92 Å². The summed E-state index contributed by atoms with van der Waals surface area (Å²) in [5.41, 5.74) is 2.74. The predicted molar refractivity (Wildman–Crippen MR) is 136 cm³/mol. The van der Waals surface area contributed by atoms with Crippen molar-refractivity contribution in [1.29, 1.82) is 0 Å².